The van der Waals surface area contributed by atoms with Crippen LogP contribution in [0.15, 0.2) is 24.3 Å². The van der Waals surface area contributed by atoms with Crippen LogP contribution in [0.2, 0.25) is 0 Å². The van der Waals surface area contributed by atoms with Crippen molar-refractivity contribution in [1.29, 1.82) is 0 Å². The van der Waals surface area contributed by atoms with E-state index in [1.54, 1.807) is 4.90 Å². The number of alkyl halides is 1. The van der Waals surface area contributed by atoms with Crippen LogP contribution in [0.3, 0.4) is 0 Å². The Morgan fingerprint density at radius 3 is 2.89 bits per heavy atom. The standard InChI is InChI=1S/C14H18ClNO3/c1-2-19-12-5-3-4-11(10-12)13(15)14(17)16-6-8-18-9-7-16/h3-5,10,13H,2,6-9H2,1H3. The highest BCUT2D eigenvalue weighted by Gasteiger charge is 2.25. The molecular formula is C14H18ClNO3. The molecule has 1 aliphatic rings. The van der Waals surface area contributed by atoms with E-state index < -0.39 is 5.38 Å². The number of halogens is 1. The molecule has 19 heavy (non-hydrogen) atoms. The Hall–Kier alpha value is -1.26. The minimum Gasteiger partial charge on any atom is -0.494 e. The summed E-state index contributed by atoms with van der Waals surface area (Å²) in [5.74, 6) is 0.666. The lowest BCUT2D eigenvalue weighted by Gasteiger charge is -2.28. The van der Waals surface area contributed by atoms with E-state index in [0.29, 0.717) is 32.9 Å². The average Bonchev–Trinajstić information content (AvgIpc) is 2.47. The minimum atomic E-state index is -0.668. The Morgan fingerprint density at radius 2 is 2.21 bits per heavy atom. The first kappa shape index (κ1) is 14.2. The highest BCUT2D eigenvalue weighted by molar-refractivity contribution is 6.30. The molecule has 1 fully saturated rings. The third kappa shape index (κ3) is 3.61. The van der Waals surface area contributed by atoms with Gasteiger partial charge < -0.3 is 14.4 Å². The molecule has 1 saturated heterocycles. The Morgan fingerprint density at radius 1 is 1.47 bits per heavy atom. The van der Waals surface area contributed by atoms with E-state index in [9.17, 15) is 4.79 Å². The van der Waals surface area contributed by atoms with Crippen molar-refractivity contribution in [3.8, 4) is 5.75 Å². The third-order valence-electron chi connectivity index (χ3n) is 3.00. The van der Waals surface area contributed by atoms with Crippen LogP contribution < -0.4 is 4.74 Å². The Bertz CT molecular complexity index is 432. The van der Waals surface area contributed by atoms with Crippen molar-refractivity contribution in [2.24, 2.45) is 0 Å². The molecule has 0 radical (unpaired) electrons. The zero-order valence-corrected chi connectivity index (χ0v) is 11.7. The van der Waals surface area contributed by atoms with Gasteiger partial charge in [0.1, 0.15) is 11.1 Å². The number of carbonyl (C=O) groups excluding carboxylic acids is 1. The second-order valence-electron chi connectivity index (χ2n) is 4.31. The van der Waals surface area contributed by atoms with Gasteiger partial charge in [-0.2, -0.15) is 0 Å². The van der Waals surface area contributed by atoms with Crippen LogP contribution in [0, 0.1) is 0 Å². The Kier molecular flexibility index (Phi) is 5.05. The molecule has 104 valence electrons. The highest BCUT2D eigenvalue weighted by Crippen LogP contribution is 2.26. The fourth-order valence-corrected chi connectivity index (χ4v) is 2.29. The van der Waals surface area contributed by atoms with Gasteiger partial charge in [-0.05, 0) is 24.6 Å². The lowest BCUT2D eigenvalue weighted by Crippen LogP contribution is -2.42. The van der Waals surface area contributed by atoms with Gasteiger partial charge in [-0.3, -0.25) is 4.79 Å². The van der Waals surface area contributed by atoms with Crippen molar-refractivity contribution in [3.05, 3.63) is 29.8 Å². The van der Waals surface area contributed by atoms with Crippen LogP contribution in [-0.4, -0.2) is 43.7 Å². The van der Waals surface area contributed by atoms with Crippen molar-refractivity contribution >= 4 is 17.5 Å². The summed E-state index contributed by atoms with van der Waals surface area (Å²) < 4.78 is 10.6. The van der Waals surface area contributed by atoms with E-state index in [4.69, 9.17) is 21.1 Å². The van der Waals surface area contributed by atoms with Crippen LogP contribution >= 0.6 is 11.6 Å². The summed E-state index contributed by atoms with van der Waals surface area (Å²) >= 11 is 6.27. The van der Waals surface area contributed by atoms with E-state index in [-0.39, 0.29) is 5.91 Å². The molecule has 0 saturated carbocycles. The third-order valence-corrected chi connectivity index (χ3v) is 3.44. The smallest absolute Gasteiger partial charge is 0.245 e. The molecule has 0 N–H and O–H groups in total. The van der Waals surface area contributed by atoms with Crippen molar-refractivity contribution < 1.29 is 14.3 Å². The van der Waals surface area contributed by atoms with E-state index in [1.807, 2.05) is 31.2 Å². The van der Waals surface area contributed by atoms with Gasteiger partial charge in [0.05, 0.1) is 19.8 Å². The van der Waals surface area contributed by atoms with Crippen LogP contribution in [0.4, 0.5) is 0 Å². The summed E-state index contributed by atoms with van der Waals surface area (Å²) in [7, 11) is 0. The molecular weight excluding hydrogens is 266 g/mol. The Balaban J connectivity index is 2.07. The maximum atomic E-state index is 12.3. The molecule has 1 heterocycles. The van der Waals surface area contributed by atoms with Crippen molar-refractivity contribution in [1.82, 2.24) is 4.90 Å². The van der Waals surface area contributed by atoms with Gasteiger partial charge in [0.25, 0.3) is 0 Å². The quantitative estimate of drug-likeness (QED) is 0.796. The molecule has 1 amide bonds. The molecule has 1 unspecified atom stereocenters. The SMILES string of the molecule is CCOc1cccc(C(Cl)C(=O)N2CCOCC2)c1. The normalized spacial score (nSPS) is 17.1. The zero-order valence-electron chi connectivity index (χ0n) is 11.0. The summed E-state index contributed by atoms with van der Waals surface area (Å²) in [5, 5.41) is -0.668. The largest absolute Gasteiger partial charge is 0.494 e. The number of rotatable bonds is 4. The van der Waals surface area contributed by atoms with Crippen molar-refractivity contribution in [3.63, 3.8) is 0 Å². The molecule has 1 atom stereocenters. The number of morpholine rings is 1. The molecule has 1 aliphatic heterocycles. The van der Waals surface area contributed by atoms with E-state index in [0.717, 1.165) is 11.3 Å². The van der Waals surface area contributed by atoms with Gasteiger partial charge in [-0.25, -0.2) is 0 Å². The monoisotopic (exact) mass is 283 g/mol. The molecule has 0 spiro atoms. The first-order valence-corrected chi connectivity index (χ1v) is 6.89. The summed E-state index contributed by atoms with van der Waals surface area (Å²) in [6, 6.07) is 7.37. The highest BCUT2D eigenvalue weighted by atomic mass is 35.5. The van der Waals surface area contributed by atoms with Gasteiger partial charge in [-0.15, -0.1) is 11.6 Å². The van der Waals surface area contributed by atoms with Gasteiger partial charge in [0.2, 0.25) is 5.91 Å². The first-order valence-electron chi connectivity index (χ1n) is 6.45. The number of ether oxygens (including phenoxy) is 2. The lowest BCUT2D eigenvalue weighted by molar-refractivity contribution is -0.134. The molecule has 5 heteroatoms. The van der Waals surface area contributed by atoms with Crippen LogP contribution in [0.5, 0.6) is 5.75 Å². The topological polar surface area (TPSA) is 38.8 Å². The van der Waals surface area contributed by atoms with E-state index >= 15 is 0 Å². The second kappa shape index (κ2) is 6.78. The van der Waals surface area contributed by atoms with E-state index in [1.165, 1.54) is 0 Å². The summed E-state index contributed by atoms with van der Waals surface area (Å²) in [6.07, 6.45) is 0. The molecule has 1 aromatic carbocycles. The number of nitrogens with zero attached hydrogens (tertiary/aromatic N) is 1. The minimum absolute atomic E-state index is 0.0707. The zero-order chi connectivity index (χ0) is 13.7. The maximum absolute atomic E-state index is 12.3. The van der Waals surface area contributed by atoms with Gasteiger partial charge in [-0.1, -0.05) is 12.1 Å². The molecule has 0 aromatic heterocycles. The van der Waals surface area contributed by atoms with E-state index in [2.05, 4.69) is 0 Å². The number of hydrogen-bond donors (Lipinski definition) is 0. The predicted octanol–water partition coefficient (Wildman–Crippen LogP) is 2.22. The fraction of sp³-hybridized carbons (Fsp3) is 0.500. The predicted molar refractivity (Wildman–Crippen MR) is 73.6 cm³/mol. The average molecular weight is 284 g/mol. The molecule has 4 nitrogen and oxygen atoms in total. The number of amides is 1. The molecule has 0 bridgehead atoms. The number of carbonyl (C=O) groups is 1. The fourth-order valence-electron chi connectivity index (χ4n) is 2.02. The van der Waals surface area contributed by atoms with Crippen LogP contribution in [0.25, 0.3) is 0 Å². The molecule has 0 aliphatic carbocycles. The first-order chi connectivity index (χ1) is 9.22. The Labute approximate surface area is 118 Å². The summed E-state index contributed by atoms with van der Waals surface area (Å²) in [4.78, 5) is 14.0. The van der Waals surface area contributed by atoms with Crippen molar-refractivity contribution in [2.75, 3.05) is 32.9 Å². The summed E-state index contributed by atoms with van der Waals surface area (Å²) in [5.41, 5.74) is 0.768. The van der Waals surface area contributed by atoms with Gasteiger partial charge >= 0.3 is 0 Å². The van der Waals surface area contributed by atoms with Crippen molar-refractivity contribution in [2.45, 2.75) is 12.3 Å². The number of hydrogen-bond acceptors (Lipinski definition) is 3. The van der Waals surface area contributed by atoms with Crippen LogP contribution in [0.1, 0.15) is 17.9 Å². The number of benzene rings is 1. The lowest BCUT2D eigenvalue weighted by atomic mass is 10.1. The second-order valence-corrected chi connectivity index (χ2v) is 4.74. The van der Waals surface area contributed by atoms with Gasteiger partial charge in [0.15, 0.2) is 0 Å². The summed E-state index contributed by atoms with van der Waals surface area (Å²) in [6.45, 7) is 4.88. The molecule has 2 rings (SSSR count). The van der Waals surface area contributed by atoms with Crippen LogP contribution in [-0.2, 0) is 9.53 Å². The van der Waals surface area contributed by atoms with Gasteiger partial charge in [0, 0.05) is 13.1 Å². The molecule has 1 aromatic rings. The maximum Gasteiger partial charge on any atom is 0.245 e.